The van der Waals surface area contributed by atoms with Gasteiger partial charge in [0.15, 0.2) is 0 Å². The molecule has 1 aromatic rings. The minimum Gasteiger partial charge on any atom is -0.348 e. The molecule has 0 spiro atoms. The first-order valence-corrected chi connectivity index (χ1v) is 7.05. The van der Waals surface area contributed by atoms with Crippen molar-refractivity contribution in [2.45, 2.75) is 43.3 Å². The first-order valence-electron chi connectivity index (χ1n) is 6.61. The number of alkyl halides is 4. The fourth-order valence-corrected chi connectivity index (χ4v) is 2.76. The molecule has 2 nitrogen and oxygen atoms in total. The van der Waals surface area contributed by atoms with Crippen molar-refractivity contribution in [1.82, 2.24) is 5.32 Å². The van der Waals surface area contributed by atoms with Crippen LogP contribution in [0.5, 0.6) is 0 Å². The summed E-state index contributed by atoms with van der Waals surface area (Å²) in [6.45, 7) is 0. The van der Waals surface area contributed by atoms with Gasteiger partial charge in [-0.3, -0.25) is 4.79 Å². The lowest BCUT2D eigenvalue weighted by Crippen LogP contribution is -2.43. The predicted molar refractivity (Wildman–Crippen MR) is 70.8 cm³/mol. The van der Waals surface area contributed by atoms with E-state index in [1.54, 1.807) is 0 Å². The van der Waals surface area contributed by atoms with Gasteiger partial charge in [0.25, 0.3) is 5.91 Å². The fourth-order valence-electron chi connectivity index (χ4n) is 2.42. The smallest absolute Gasteiger partial charge is 0.348 e. The normalized spacial score (nSPS) is 22.9. The van der Waals surface area contributed by atoms with Gasteiger partial charge in [-0.05, 0) is 25.0 Å². The molecule has 1 saturated carbocycles. The molecule has 0 saturated heterocycles. The van der Waals surface area contributed by atoms with Crippen molar-refractivity contribution < 1.29 is 22.4 Å². The van der Waals surface area contributed by atoms with Crippen molar-refractivity contribution >= 4 is 17.5 Å². The van der Waals surface area contributed by atoms with E-state index in [-0.39, 0.29) is 11.4 Å². The van der Waals surface area contributed by atoms with Crippen molar-refractivity contribution in [1.29, 1.82) is 0 Å². The van der Waals surface area contributed by atoms with Crippen LogP contribution < -0.4 is 5.32 Å². The number of benzene rings is 1. The van der Waals surface area contributed by atoms with Gasteiger partial charge in [0, 0.05) is 6.04 Å². The maximum absolute atomic E-state index is 13.9. The van der Waals surface area contributed by atoms with E-state index >= 15 is 0 Å². The summed E-state index contributed by atoms with van der Waals surface area (Å²) in [5.74, 6) is -2.42. The predicted octanol–water partition coefficient (Wildman–Crippen LogP) is 4.12. The maximum Gasteiger partial charge on any atom is 0.419 e. The van der Waals surface area contributed by atoms with Gasteiger partial charge in [-0.2, -0.15) is 13.2 Å². The second kappa shape index (κ2) is 6.22. The monoisotopic (exact) mass is 323 g/mol. The third-order valence-electron chi connectivity index (χ3n) is 3.55. The summed E-state index contributed by atoms with van der Waals surface area (Å²) in [6.07, 6.45) is -1.66. The zero-order chi connectivity index (χ0) is 15.6. The molecule has 1 amide bonds. The molecule has 1 aliphatic carbocycles. The molecular weight excluding hydrogens is 310 g/mol. The van der Waals surface area contributed by atoms with E-state index in [9.17, 15) is 22.4 Å². The fraction of sp³-hybridized carbons (Fsp3) is 0.500. The van der Waals surface area contributed by atoms with Gasteiger partial charge in [0.05, 0.1) is 16.5 Å². The Morgan fingerprint density at radius 1 is 1.24 bits per heavy atom. The van der Waals surface area contributed by atoms with E-state index in [0.717, 1.165) is 31.4 Å². The quantitative estimate of drug-likeness (QED) is 0.643. The van der Waals surface area contributed by atoms with Crippen LogP contribution in [-0.4, -0.2) is 17.3 Å². The summed E-state index contributed by atoms with van der Waals surface area (Å²) in [7, 11) is 0. The Morgan fingerprint density at radius 2 is 1.90 bits per heavy atom. The molecule has 0 radical (unpaired) electrons. The van der Waals surface area contributed by atoms with Crippen LogP contribution in [0, 0.1) is 5.82 Å². The molecule has 0 heterocycles. The highest BCUT2D eigenvalue weighted by atomic mass is 35.5. The molecule has 116 valence electrons. The Labute approximate surface area is 124 Å². The van der Waals surface area contributed by atoms with Crippen LogP contribution in [0.4, 0.5) is 17.6 Å². The van der Waals surface area contributed by atoms with Crippen LogP contribution in [0.3, 0.4) is 0 Å². The van der Waals surface area contributed by atoms with Crippen LogP contribution >= 0.6 is 11.6 Å². The Balaban J connectivity index is 2.20. The van der Waals surface area contributed by atoms with Crippen LogP contribution in [0.15, 0.2) is 18.2 Å². The number of carbonyl (C=O) groups excluding carboxylic acids is 1. The van der Waals surface area contributed by atoms with Crippen molar-refractivity contribution in [2.24, 2.45) is 0 Å². The highest BCUT2D eigenvalue weighted by Gasteiger charge is 2.36. The lowest BCUT2D eigenvalue weighted by Gasteiger charge is -2.28. The highest BCUT2D eigenvalue weighted by Crippen LogP contribution is 2.32. The third kappa shape index (κ3) is 3.67. The molecule has 1 aliphatic rings. The molecule has 7 heteroatoms. The number of hydrogen-bond donors (Lipinski definition) is 1. The lowest BCUT2D eigenvalue weighted by molar-refractivity contribution is -0.140. The van der Waals surface area contributed by atoms with Gasteiger partial charge in [-0.1, -0.05) is 18.9 Å². The third-order valence-corrected chi connectivity index (χ3v) is 4.07. The van der Waals surface area contributed by atoms with E-state index < -0.39 is 29.0 Å². The Morgan fingerprint density at radius 3 is 2.52 bits per heavy atom. The molecule has 2 atom stereocenters. The Hall–Kier alpha value is -1.30. The molecule has 1 aromatic carbocycles. The summed E-state index contributed by atoms with van der Waals surface area (Å²) >= 11 is 6.07. The Kier molecular flexibility index (Phi) is 4.76. The van der Waals surface area contributed by atoms with E-state index in [1.165, 1.54) is 0 Å². The van der Waals surface area contributed by atoms with Crippen LogP contribution in [-0.2, 0) is 6.18 Å². The van der Waals surface area contributed by atoms with E-state index in [1.807, 2.05) is 0 Å². The SMILES string of the molecule is O=C(NC1CCCCC1Cl)c1cccc(C(F)(F)F)c1F. The number of halogens is 5. The molecule has 1 N–H and O–H groups in total. The van der Waals surface area contributed by atoms with Crippen molar-refractivity contribution in [3.8, 4) is 0 Å². The van der Waals surface area contributed by atoms with Crippen LogP contribution in [0.2, 0.25) is 0 Å². The summed E-state index contributed by atoms with van der Waals surface area (Å²) in [4.78, 5) is 12.0. The topological polar surface area (TPSA) is 29.1 Å². The second-order valence-corrected chi connectivity index (χ2v) is 5.61. The van der Waals surface area contributed by atoms with Gasteiger partial charge in [-0.25, -0.2) is 4.39 Å². The first kappa shape index (κ1) is 16.1. The number of amides is 1. The summed E-state index contributed by atoms with van der Waals surface area (Å²) < 4.78 is 51.7. The summed E-state index contributed by atoms with van der Waals surface area (Å²) in [5.41, 5.74) is -2.06. The summed E-state index contributed by atoms with van der Waals surface area (Å²) in [5, 5.41) is 2.25. The number of rotatable bonds is 2. The minimum absolute atomic E-state index is 0.281. The van der Waals surface area contributed by atoms with Crippen molar-refractivity contribution in [3.63, 3.8) is 0 Å². The average Bonchev–Trinajstić information content (AvgIpc) is 2.40. The largest absolute Gasteiger partial charge is 0.419 e. The standard InChI is InChI=1S/C14H14ClF4NO/c15-10-6-1-2-7-11(10)20-13(21)8-4-3-5-9(12(8)16)14(17,18)19/h3-5,10-11H,1-2,6-7H2,(H,20,21). The van der Waals surface area contributed by atoms with Gasteiger partial charge in [0.2, 0.25) is 0 Å². The maximum atomic E-state index is 13.9. The van der Waals surface area contributed by atoms with Gasteiger partial charge < -0.3 is 5.32 Å². The van der Waals surface area contributed by atoms with Crippen LogP contribution in [0.1, 0.15) is 41.6 Å². The summed E-state index contributed by atoms with van der Waals surface area (Å²) in [6, 6.07) is 2.31. The Bertz CT molecular complexity index is 532. The number of nitrogens with one attached hydrogen (secondary N) is 1. The highest BCUT2D eigenvalue weighted by molar-refractivity contribution is 6.21. The van der Waals surface area contributed by atoms with E-state index in [2.05, 4.69) is 5.32 Å². The molecule has 0 bridgehead atoms. The molecule has 0 aliphatic heterocycles. The van der Waals surface area contributed by atoms with E-state index in [0.29, 0.717) is 12.5 Å². The molecular formula is C14H14ClF4NO. The zero-order valence-corrected chi connectivity index (χ0v) is 11.8. The molecule has 1 fully saturated rings. The molecule has 21 heavy (non-hydrogen) atoms. The minimum atomic E-state index is -4.83. The first-order chi connectivity index (χ1) is 9.80. The average molecular weight is 324 g/mol. The second-order valence-electron chi connectivity index (χ2n) is 5.05. The van der Waals surface area contributed by atoms with Crippen molar-refractivity contribution in [3.05, 3.63) is 35.1 Å². The number of hydrogen-bond acceptors (Lipinski definition) is 1. The van der Waals surface area contributed by atoms with Crippen LogP contribution in [0.25, 0.3) is 0 Å². The lowest BCUT2D eigenvalue weighted by atomic mass is 9.94. The molecule has 2 unspecified atom stereocenters. The van der Waals surface area contributed by atoms with Gasteiger partial charge in [-0.15, -0.1) is 11.6 Å². The molecule has 0 aromatic heterocycles. The zero-order valence-electron chi connectivity index (χ0n) is 11.0. The number of carbonyl (C=O) groups is 1. The van der Waals surface area contributed by atoms with Gasteiger partial charge >= 0.3 is 6.18 Å². The molecule has 2 rings (SSSR count). The van der Waals surface area contributed by atoms with Crippen molar-refractivity contribution in [2.75, 3.05) is 0 Å². The van der Waals surface area contributed by atoms with E-state index in [4.69, 9.17) is 11.6 Å². The van der Waals surface area contributed by atoms with Gasteiger partial charge in [0.1, 0.15) is 5.82 Å².